The number of urea groups is 1. The van der Waals surface area contributed by atoms with Crippen LogP contribution in [0.2, 0.25) is 0 Å². The molecular formula is C15H19F9N2O2. The zero-order chi connectivity index (χ0) is 22.3. The van der Waals surface area contributed by atoms with Gasteiger partial charge >= 0.3 is 30.0 Å². The molecule has 0 aromatic rings. The van der Waals surface area contributed by atoms with Crippen LogP contribution in [0.15, 0.2) is 0 Å². The van der Waals surface area contributed by atoms with Crippen LogP contribution in [-0.2, 0) is 4.79 Å². The maximum Gasteiger partial charge on any atom is 0.460 e. The minimum atomic E-state index is -7.17. The molecule has 164 valence electrons. The summed E-state index contributed by atoms with van der Waals surface area (Å²) in [6.45, 7) is 3.83. The van der Waals surface area contributed by atoms with Crippen molar-refractivity contribution >= 4 is 11.8 Å². The molecule has 1 saturated heterocycles. The van der Waals surface area contributed by atoms with E-state index in [4.69, 9.17) is 0 Å². The predicted octanol–water partition coefficient (Wildman–Crippen LogP) is 4.24. The smallest absolute Gasteiger partial charge is 0.328 e. The fraction of sp³-hybridized carbons (Fsp3) is 0.867. The van der Waals surface area contributed by atoms with Crippen molar-refractivity contribution in [3.63, 3.8) is 0 Å². The highest BCUT2D eigenvalue weighted by atomic mass is 19.4. The molecule has 0 spiro atoms. The van der Waals surface area contributed by atoms with E-state index in [9.17, 15) is 49.1 Å². The summed E-state index contributed by atoms with van der Waals surface area (Å²) in [6, 6.07) is -3.86. The second-order valence-electron chi connectivity index (χ2n) is 6.94. The minimum absolute atomic E-state index is 0.171. The number of carbonyl (C=O) groups excluding carboxylic acids is 2. The minimum Gasteiger partial charge on any atom is -0.328 e. The summed E-state index contributed by atoms with van der Waals surface area (Å²) in [4.78, 5) is 25.1. The van der Waals surface area contributed by atoms with Crippen LogP contribution in [0.5, 0.6) is 0 Å². The fourth-order valence-electron chi connectivity index (χ4n) is 2.71. The van der Waals surface area contributed by atoms with Gasteiger partial charge in [0.1, 0.15) is 0 Å². The Morgan fingerprint density at radius 3 is 1.82 bits per heavy atom. The number of hydrogen-bond donors (Lipinski definition) is 1. The average molecular weight is 430 g/mol. The zero-order valence-corrected chi connectivity index (χ0v) is 15.0. The first kappa shape index (κ1) is 24.3. The number of carbonyl (C=O) groups is 2. The van der Waals surface area contributed by atoms with Crippen molar-refractivity contribution in [2.75, 3.05) is 6.54 Å². The number of nitrogens with one attached hydrogen (secondary N) is 1. The highest BCUT2D eigenvalue weighted by molar-refractivity contribution is 5.94. The van der Waals surface area contributed by atoms with E-state index >= 15 is 0 Å². The first-order chi connectivity index (χ1) is 12.4. The van der Waals surface area contributed by atoms with Crippen LogP contribution < -0.4 is 5.32 Å². The van der Waals surface area contributed by atoms with Crippen LogP contribution in [0.25, 0.3) is 0 Å². The quantitative estimate of drug-likeness (QED) is 0.641. The molecule has 2 amide bonds. The molecule has 0 aromatic carbocycles. The van der Waals surface area contributed by atoms with Crippen LogP contribution >= 0.6 is 0 Å². The third-order valence-corrected chi connectivity index (χ3v) is 4.50. The molecule has 1 unspecified atom stereocenters. The van der Waals surface area contributed by atoms with Crippen molar-refractivity contribution in [2.45, 2.75) is 69.6 Å². The number of Topliss-reactive ketones (excluding diaryl/α,β-unsaturated/α-hetero) is 1. The predicted molar refractivity (Wildman–Crippen MR) is 78.5 cm³/mol. The van der Waals surface area contributed by atoms with Gasteiger partial charge in [-0.25, -0.2) is 4.79 Å². The summed E-state index contributed by atoms with van der Waals surface area (Å²) in [6.07, 6.45) is -5.94. The van der Waals surface area contributed by atoms with Crippen molar-refractivity contribution in [1.82, 2.24) is 10.2 Å². The highest BCUT2D eigenvalue weighted by Gasteiger charge is 2.83. The maximum absolute atomic E-state index is 13.9. The van der Waals surface area contributed by atoms with Crippen molar-refractivity contribution in [3.05, 3.63) is 0 Å². The summed E-state index contributed by atoms with van der Waals surface area (Å²) >= 11 is 0. The second-order valence-corrected chi connectivity index (χ2v) is 6.94. The van der Waals surface area contributed by atoms with Crippen LogP contribution in [0.1, 0.15) is 33.6 Å². The summed E-state index contributed by atoms with van der Waals surface area (Å²) in [5.74, 6) is -24.9. The van der Waals surface area contributed by atoms with Crippen molar-refractivity contribution < 1.29 is 49.1 Å². The van der Waals surface area contributed by atoms with Crippen molar-refractivity contribution in [2.24, 2.45) is 5.92 Å². The lowest BCUT2D eigenvalue weighted by molar-refractivity contribution is -0.388. The summed E-state index contributed by atoms with van der Waals surface area (Å²) in [7, 11) is 0. The normalized spacial score (nSPS) is 20.5. The van der Waals surface area contributed by atoms with Gasteiger partial charge in [0.15, 0.2) is 0 Å². The molecule has 13 heteroatoms. The molecule has 1 aliphatic heterocycles. The molecule has 0 radical (unpaired) electrons. The molecule has 1 aliphatic rings. The van der Waals surface area contributed by atoms with E-state index in [1.807, 2.05) is 0 Å². The highest BCUT2D eigenvalue weighted by Crippen LogP contribution is 2.53. The SMILES string of the molecule is CC(C)C(NC(=O)N1CCC[C@H]1C)C(=O)C(F)(F)C(F)(F)C(F)(F)C(F)(F)F. The Kier molecular flexibility index (Phi) is 6.62. The molecular weight excluding hydrogens is 411 g/mol. The number of rotatable bonds is 6. The molecule has 1 fully saturated rings. The van der Waals surface area contributed by atoms with E-state index in [2.05, 4.69) is 0 Å². The van der Waals surface area contributed by atoms with E-state index in [0.29, 0.717) is 12.8 Å². The lowest BCUT2D eigenvalue weighted by Crippen LogP contribution is -2.67. The molecule has 2 atom stereocenters. The molecule has 0 bridgehead atoms. The topological polar surface area (TPSA) is 49.4 Å². The molecule has 0 saturated carbocycles. The van der Waals surface area contributed by atoms with E-state index in [0.717, 1.165) is 18.7 Å². The maximum atomic E-state index is 13.9. The van der Waals surface area contributed by atoms with Gasteiger partial charge in [-0.15, -0.1) is 0 Å². The van der Waals surface area contributed by atoms with Crippen LogP contribution in [0.4, 0.5) is 44.3 Å². The Hall–Kier alpha value is -1.69. The number of likely N-dealkylation sites (tertiary alicyclic amines) is 1. The lowest BCUT2D eigenvalue weighted by Gasteiger charge is -2.35. The van der Waals surface area contributed by atoms with Gasteiger partial charge in [0.25, 0.3) is 0 Å². The van der Waals surface area contributed by atoms with Gasteiger partial charge in [0.2, 0.25) is 5.78 Å². The van der Waals surface area contributed by atoms with E-state index in [1.165, 1.54) is 0 Å². The van der Waals surface area contributed by atoms with Gasteiger partial charge in [-0.2, -0.15) is 39.5 Å². The summed E-state index contributed by atoms with van der Waals surface area (Å²) in [5, 5.41) is 1.75. The number of halogens is 9. The monoisotopic (exact) mass is 430 g/mol. The standard InChI is InChI=1S/C15H19F9N2O2/c1-7(2)9(25-11(28)26-6-4-5-8(26)3)10(27)12(16,17)13(18,19)14(20,21)15(22,23)24/h7-9H,4-6H2,1-3H3,(H,25,28)/t8-,9?/m1/s1. The summed E-state index contributed by atoms with van der Waals surface area (Å²) in [5.41, 5.74) is 0. The van der Waals surface area contributed by atoms with Crippen LogP contribution in [0, 0.1) is 5.92 Å². The van der Waals surface area contributed by atoms with E-state index in [-0.39, 0.29) is 12.6 Å². The van der Waals surface area contributed by atoms with Crippen molar-refractivity contribution in [1.29, 1.82) is 0 Å². The Morgan fingerprint density at radius 1 is 0.964 bits per heavy atom. The molecule has 0 aromatic heterocycles. The van der Waals surface area contributed by atoms with Gasteiger partial charge in [-0.3, -0.25) is 4.79 Å². The van der Waals surface area contributed by atoms with E-state index < -0.39 is 47.7 Å². The first-order valence-corrected chi connectivity index (χ1v) is 8.21. The van der Waals surface area contributed by atoms with Gasteiger partial charge in [0.05, 0.1) is 6.04 Å². The Labute approximate surface area is 154 Å². The zero-order valence-electron chi connectivity index (χ0n) is 15.0. The van der Waals surface area contributed by atoms with Gasteiger partial charge in [-0.1, -0.05) is 13.8 Å². The van der Waals surface area contributed by atoms with E-state index in [1.54, 1.807) is 12.2 Å². The number of ketones is 1. The Balaban J connectivity index is 3.19. The molecule has 0 aliphatic carbocycles. The molecule has 4 nitrogen and oxygen atoms in total. The fourth-order valence-corrected chi connectivity index (χ4v) is 2.71. The number of nitrogens with zero attached hydrogens (tertiary/aromatic N) is 1. The lowest BCUT2D eigenvalue weighted by atomic mass is 9.90. The van der Waals surface area contributed by atoms with Crippen LogP contribution in [-0.4, -0.2) is 59.3 Å². The molecule has 1 rings (SSSR count). The largest absolute Gasteiger partial charge is 0.460 e. The second kappa shape index (κ2) is 7.62. The molecule has 28 heavy (non-hydrogen) atoms. The third kappa shape index (κ3) is 4.02. The van der Waals surface area contributed by atoms with Crippen LogP contribution in [0.3, 0.4) is 0 Å². The van der Waals surface area contributed by atoms with Crippen molar-refractivity contribution in [3.8, 4) is 0 Å². The number of alkyl halides is 9. The van der Waals surface area contributed by atoms with Gasteiger partial charge in [0, 0.05) is 12.6 Å². The molecule has 1 heterocycles. The van der Waals surface area contributed by atoms with Gasteiger partial charge < -0.3 is 10.2 Å². The third-order valence-electron chi connectivity index (χ3n) is 4.50. The average Bonchev–Trinajstić information content (AvgIpc) is 2.96. The summed E-state index contributed by atoms with van der Waals surface area (Å²) < 4.78 is 117. The Bertz CT molecular complexity index is 605. The Morgan fingerprint density at radius 2 is 1.46 bits per heavy atom. The first-order valence-electron chi connectivity index (χ1n) is 8.21. The molecule has 1 N–H and O–H groups in total. The van der Waals surface area contributed by atoms with Gasteiger partial charge in [-0.05, 0) is 25.7 Å². The number of amides is 2. The number of hydrogen-bond acceptors (Lipinski definition) is 2.